The van der Waals surface area contributed by atoms with E-state index in [1.54, 1.807) is 0 Å². The molecule has 4 heteroatoms. The number of aryl methyl sites for hydroxylation is 1. The maximum absolute atomic E-state index is 6.32. The minimum atomic E-state index is 0.384. The first-order valence-electron chi connectivity index (χ1n) is 11.0. The lowest BCUT2D eigenvalue weighted by atomic mass is 10.0. The molecule has 0 N–H and O–H groups in total. The van der Waals surface area contributed by atoms with Crippen molar-refractivity contribution in [1.82, 2.24) is 14.5 Å². The first-order chi connectivity index (χ1) is 15.6. The van der Waals surface area contributed by atoms with E-state index in [-0.39, 0.29) is 0 Å². The van der Waals surface area contributed by atoms with Gasteiger partial charge < -0.3 is 4.42 Å². The van der Waals surface area contributed by atoms with E-state index < -0.39 is 0 Å². The van der Waals surface area contributed by atoms with Crippen molar-refractivity contribution < 1.29 is 4.42 Å². The summed E-state index contributed by atoms with van der Waals surface area (Å²) in [5.74, 6) is 1.26. The number of imidazole rings is 1. The molecule has 0 aliphatic rings. The fourth-order valence-corrected chi connectivity index (χ4v) is 4.58. The van der Waals surface area contributed by atoms with Crippen LogP contribution in [-0.2, 0) is 0 Å². The standard InChI is InChI=1S/C28H23N3O/c1-17(2)19-9-4-6-13-24(19)31-25-14-7-5-12-23(25)30-27(31)22-11-8-10-20-21-16-15-18(3)29-28(21)32-26(20)22/h4-17H,1-3H3. The van der Waals surface area contributed by atoms with Gasteiger partial charge in [-0.1, -0.05) is 56.3 Å². The third kappa shape index (κ3) is 2.76. The highest BCUT2D eigenvalue weighted by Gasteiger charge is 2.21. The molecule has 6 rings (SSSR count). The average molecular weight is 418 g/mol. The van der Waals surface area contributed by atoms with Crippen LogP contribution in [-0.4, -0.2) is 14.5 Å². The average Bonchev–Trinajstić information content (AvgIpc) is 3.36. The van der Waals surface area contributed by atoms with Gasteiger partial charge in [0.05, 0.1) is 22.3 Å². The largest absolute Gasteiger partial charge is 0.437 e. The number of para-hydroxylation sites is 4. The van der Waals surface area contributed by atoms with Crippen LogP contribution in [0.1, 0.15) is 31.0 Å². The lowest BCUT2D eigenvalue weighted by Gasteiger charge is -2.16. The number of rotatable bonds is 3. The SMILES string of the molecule is Cc1ccc2c(n1)oc1c(-c3nc4ccccc4n3-c3ccccc3C(C)C)cccc12. The van der Waals surface area contributed by atoms with Crippen molar-refractivity contribution in [3.8, 4) is 17.1 Å². The summed E-state index contributed by atoms with van der Waals surface area (Å²) in [6.07, 6.45) is 0. The number of hydrogen-bond donors (Lipinski definition) is 0. The Bertz CT molecular complexity index is 1620. The number of aromatic nitrogens is 3. The Kier molecular flexibility index (Phi) is 4.15. The van der Waals surface area contributed by atoms with Crippen LogP contribution in [0.15, 0.2) is 83.3 Å². The zero-order valence-electron chi connectivity index (χ0n) is 18.3. The molecule has 0 saturated carbocycles. The van der Waals surface area contributed by atoms with Gasteiger partial charge in [0.1, 0.15) is 11.4 Å². The Balaban J connectivity index is 1.73. The highest BCUT2D eigenvalue weighted by atomic mass is 16.3. The van der Waals surface area contributed by atoms with E-state index in [0.717, 1.165) is 50.2 Å². The van der Waals surface area contributed by atoms with Crippen molar-refractivity contribution in [1.29, 1.82) is 0 Å². The van der Waals surface area contributed by atoms with Crippen LogP contribution < -0.4 is 0 Å². The van der Waals surface area contributed by atoms with Gasteiger partial charge in [-0.15, -0.1) is 0 Å². The number of hydrogen-bond acceptors (Lipinski definition) is 3. The fourth-order valence-electron chi connectivity index (χ4n) is 4.58. The normalized spacial score (nSPS) is 11.9. The Morgan fingerprint density at radius 1 is 0.781 bits per heavy atom. The lowest BCUT2D eigenvalue weighted by molar-refractivity contribution is 0.653. The van der Waals surface area contributed by atoms with Crippen LogP contribution in [0.5, 0.6) is 0 Å². The summed E-state index contributed by atoms with van der Waals surface area (Å²) < 4.78 is 8.59. The van der Waals surface area contributed by atoms with Gasteiger partial charge in [0, 0.05) is 16.5 Å². The second-order valence-corrected chi connectivity index (χ2v) is 8.56. The number of nitrogens with zero attached hydrogens (tertiary/aromatic N) is 3. The molecule has 156 valence electrons. The molecular weight excluding hydrogens is 394 g/mol. The predicted molar refractivity (Wildman–Crippen MR) is 130 cm³/mol. The molecule has 0 aliphatic heterocycles. The zero-order valence-corrected chi connectivity index (χ0v) is 18.3. The molecule has 3 heterocycles. The lowest BCUT2D eigenvalue weighted by Crippen LogP contribution is -2.03. The first-order valence-corrected chi connectivity index (χ1v) is 11.0. The molecule has 0 spiro atoms. The predicted octanol–water partition coefficient (Wildman–Crippen LogP) is 7.42. The van der Waals surface area contributed by atoms with Crippen LogP contribution in [0, 0.1) is 6.92 Å². The summed E-state index contributed by atoms with van der Waals surface area (Å²) in [6.45, 7) is 6.44. The molecule has 3 aromatic heterocycles. The summed E-state index contributed by atoms with van der Waals surface area (Å²) in [6, 6.07) is 27.2. The van der Waals surface area contributed by atoms with Crippen LogP contribution in [0.4, 0.5) is 0 Å². The smallest absolute Gasteiger partial charge is 0.227 e. The minimum Gasteiger partial charge on any atom is -0.437 e. The summed E-state index contributed by atoms with van der Waals surface area (Å²) >= 11 is 0. The molecule has 0 amide bonds. The molecule has 0 atom stereocenters. The van der Waals surface area contributed by atoms with E-state index in [9.17, 15) is 0 Å². The van der Waals surface area contributed by atoms with E-state index >= 15 is 0 Å². The monoisotopic (exact) mass is 417 g/mol. The molecule has 6 aromatic rings. The molecule has 0 unspecified atom stereocenters. The summed E-state index contributed by atoms with van der Waals surface area (Å²) in [4.78, 5) is 9.69. The van der Waals surface area contributed by atoms with E-state index in [4.69, 9.17) is 9.40 Å². The first kappa shape index (κ1) is 18.8. The van der Waals surface area contributed by atoms with Crippen molar-refractivity contribution in [2.45, 2.75) is 26.7 Å². The molecule has 3 aromatic carbocycles. The van der Waals surface area contributed by atoms with Crippen molar-refractivity contribution in [3.63, 3.8) is 0 Å². The topological polar surface area (TPSA) is 43.9 Å². The molecule has 0 saturated heterocycles. The maximum atomic E-state index is 6.32. The van der Waals surface area contributed by atoms with E-state index in [1.165, 1.54) is 5.56 Å². The molecule has 0 bridgehead atoms. The minimum absolute atomic E-state index is 0.384. The number of benzene rings is 3. The molecule has 0 fully saturated rings. The Labute approximate surface area is 186 Å². The Morgan fingerprint density at radius 3 is 2.47 bits per heavy atom. The van der Waals surface area contributed by atoms with E-state index in [2.05, 4.69) is 90.1 Å². The van der Waals surface area contributed by atoms with Gasteiger partial charge in [-0.2, -0.15) is 0 Å². The molecule has 4 nitrogen and oxygen atoms in total. The second kappa shape index (κ2) is 7.06. The zero-order chi connectivity index (χ0) is 21.8. The molecule has 32 heavy (non-hydrogen) atoms. The molecule has 0 radical (unpaired) electrons. The second-order valence-electron chi connectivity index (χ2n) is 8.56. The van der Waals surface area contributed by atoms with Gasteiger partial charge in [0.2, 0.25) is 5.71 Å². The Morgan fingerprint density at radius 2 is 1.59 bits per heavy atom. The van der Waals surface area contributed by atoms with E-state index in [0.29, 0.717) is 11.6 Å². The molecule has 0 aliphatic carbocycles. The Hall–Kier alpha value is -3.92. The van der Waals surface area contributed by atoms with Gasteiger partial charge >= 0.3 is 0 Å². The van der Waals surface area contributed by atoms with Gasteiger partial charge in [-0.05, 0) is 54.8 Å². The third-order valence-corrected chi connectivity index (χ3v) is 6.10. The van der Waals surface area contributed by atoms with Gasteiger partial charge in [0.15, 0.2) is 0 Å². The summed E-state index contributed by atoms with van der Waals surface area (Å²) in [5, 5.41) is 2.08. The number of fused-ring (bicyclic) bond motifs is 4. The third-order valence-electron chi connectivity index (χ3n) is 6.10. The summed E-state index contributed by atoms with van der Waals surface area (Å²) in [5.41, 5.74) is 7.86. The van der Waals surface area contributed by atoms with Crippen molar-refractivity contribution >= 4 is 33.1 Å². The van der Waals surface area contributed by atoms with Crippen molar-refractivity contribution in [3.05, 3.63) is 90.1 Å². The van der Waals surface area contributed by atoms with E-state index in [1.807, 2.05) is 19.1 Å². The van der Waals surface area contributed by atoms with Crippen molar-refractivity contribution in [2.24, 2.45) is 0 Å². The highest BCUT2D eigenvalue weighted by Crippen LogP contribution is 2.38. The van der Waals surface area contributed by atoms with Crippen LogP contribution in [0.3, 0.4) is 0 Å². The summed E-state index contributed by atoms with van der Waals surface area (Å²) in [7, 11) is 0. The molecular formula is C28H23N3O. The van der Waals surface area contributed by atoms with Crippen LogP contribution in [0.25, 0.3) is 50.2 Å². The highest BCUT2D eigenvalue weighted by molar-refractivity contribution is 6.08. The van der Waals surface area contributed by atoms with Gasteiger partial charge in [-0.3, -0.25) is 4.57 Å². The van der Waals surface area contributed by atoms with Crippen LogP contribution >= 0.6 is 0 Å². The quantitative estimate of drug-likeness (QED) is 0.301. The van der Waals surface area contributed by atoms with Gasteiger partial charge in [0.25, 0.3) is 0 Å². The maximum Gasteiger partial charge on any atom is 0.227 e. The number of pyridine rings is 1. The van der Waals surface area contributed by atoms with Crippen molar-refractivity contribution in [2.75, 3.05) is 0 Å². The fraction of sp³-hybridized carbons (Fsp3) is 0.143. The van der Waals surface area contributed by atoms with Gasteiger partial charge in [-0.25, -0.2) is 9.97 Å². The van der Waals surface area contributed by atoms with Crippen LogP contribution in [0.2, 0.25) is 0 Å². The number of furan rings is 1.